The van der Waals surface area contributed by atoms with E-state index in [1.807, 2.05) is 48.5 Å². The van der Waals surface area contributed by atoms with Crippen LogP contribution < -0.4 is 9.47 Å². The zero-order chi connectivity index (χ0) is 40.4. The zero-order valence-corrected chi connectivity index (χ0v) is 31.1. The fourth-order valence-electron chi connectivity index (χ4n) is 7.93. The molecule has 6 aromatic carbocycles. The number of carbonyl (C=O) groups is 4. The summed E-state index contributed by atoms with van der Waals surface area (Å²) in [5, 5.41) is 38.5. The molecule has 4 N–H and O–H groups in total. The van der Waals surface area contributed by atoms with Gasteiger partial charge in [-0.3, -0.25) is 0 Å². The molecule has 0 saturated heterocycles. The summed E-state index contributed by atoms with van der Waals surface area (Å²) in [5.41, 5.74) is 5.78. The largest absolute Gasteiger partial charge is 0.478 e. The van der Waals surface area contributed by atoms with Crippen LogP contribution in [-0.2, 0) is 18.3 Å². The molecule has 0 radical (unpaired) electrons. The lowest BCUT2D eigenvalue weighted by Crippen LogP contribution is -2.29. The Morgan fingerprint density at radius 1 is 0.474 bits per heavy atom. The van der Waals surface area contributed by atoms with Crippen molar-refractivity contribution < 1.29 is 49.1 Å². The molecule has 0 heterocycles. The highest BCUT2D eigenvalue weighted by Gasteiger charge is 2.46. The van der Waals surface area contributed by atoms with Crippen LogP contribution in [0.1, 0.15) is 102 Å². The second kappa shape index (κ2) is 15.5. The van der Waals surface area contributed by atoms with Crippen LogP contribution in [-0.4, -0.2) is 44.3 Å². The maximum atomic E-state index is 11.9. The van der Waals surface area contributed by atoms with Gasteiger partial charge in [0.1, 0.15) is 23.0 Å². The number of fused-ring (bicyclic) bond motifs is 3. The molecule has 10 heteroatoms. The Hall–Kier alpha value is -7.20. The number of carboxylic acids is 4. The standard InChI is InChI=1S/C47H38O10/c1-3-9-27-23-29(15-21-41(27)56-31-17-19-35(43(48)49)37(25-31)45(52)53)47(39-13-7-5-11-33(39)34-12-6-8-14-40(34)47)30-16-22-42(28(24-30)10-4-2)57-32-18-20-36(44(50)51)38(26-32)46(54)55/h5-8,11-26H,3-4,9-10H2,1-2H3,(H,48,49)(H,50,51)(H,52,53)(H,54,55). The summed E-state index contributed by atoms with van der Waals surface area (Å²) < 4.78 is 12.6. The van der Waals surface area contributed by atoms with Gasteiger partial charge in [-0.1, -0.05) is 99.5 Å². The van der Waals surface area contributed by atoms with Gasteiger partial charge >= 0.3 is 23.9 Å². The van der Waals surface area contributed by atoms with E-state index in [9.17, 15) is 39.6 Å². The van der Waals surface area contributed by atoms with E-state index >= 15 is 0 Å². The third kappa shape index (κ3) is 6.86. The number of aryl methyl sites for hydroxylation is 2. The van der Waals surface area contributed by atoms with Gasteiger partial charge in [-0.05, 0) is 106 Å². The second-order valence-corrected chi connectivity index (χ2v) is 13.8. The smallest absolute Gasteiger partial charge is 0.336 e. The molecule has 0 atom stereocenters. The molecule has 1 aliphatic rings. The van der Waals surface area contributed by atoms with Crippen molar-refractivity contribution >= 4 is 23.9 Å². The van der Waals surface area contributed by atoms with E-state index in [-0.39, 0.29) is 33.8 Å². The van der Waals surface area contributed by atoms with Gasteiger partial charge in [0.05, 0.1) is 27.7 Å². The number of carboxylic acid groups (broad SMARTS) is 4. The first kappa shape index (κ1) is 38.1. The summed E-state index contributed by atoms with van der Waals surface area (Å²) >= 11 is 0. The number of benzene rings is 6. The van der Waals surface area contributed by atoms with Crippen LogP contribution in [0.4, 0.5) is 0 Å². The van der Waals surface area contributed by atoms with Gasteiger partial charge in [0, 0.05) is 0 Å². The van der Waals surface area contributed by atoms with Crippen LogP contribution in [0.2, 0.25) is 0 Å². The van der Waals surface area contributed by atoms with Gasteiger partial charge in [-0.25, -0.2) is 19.2 Å². The van der Waals surface area contributed by atoms with Crippen molar-refractivity contribution in [3.63, 3.8) is 0 Å². The molecule has 0 fully saturated rings. The molecule has 0 unspecified atom stereocenters. The first-order valence-electron chi connectivity index (χ1n) is 18.5. The molecule has 0 spiro atoms. The predicted molar refractivity (Wildman–Crippen MR) is 213 cm³/mol. The molecule has 10 nitrogen and oxygen atoms in total. The average Bonchev–Trinajstić information content (AvgIpc) is 3.50. The minimum absolute atomic E-state index is 0.196. The van der Waals surface area contributed by atoms with Crippen molar-refractivity contribution in [1.29, 1.82) is 0 Å². The molecule has 6 aromatic rings. The minimum Gasteiger partial charge on any atom is -0.478 e. The maximum absolute atomic E-state index is 11.9. The number of hydrogen-bond acceptors (Lipinski definition) is 6. The first-order chi connectivity index (χ1) is 27.5. The van der Waals surface area contributed by atoms with Crippen molar-refractivity contribution in [2.45, 2.75) is 44.9 Å². The van der Waals surface area contributed by atoms with Crippen molar-refractivity contribution in [1.82, 2.24) is 0 Å². The zero-order valence-electron chi connectivity index (χ0n) is 31.1. The van der Waals surface area contributed by atoms with Crippen LogP contribution in [0, 0.1) is 0 Å². The highest BCUT2D eigenvalue weighted by Crippen LogP contribution is 2.57. The first-order valence-corrected chi connectivity index (χ1v) is 18.5. The molecule has 0 aliphatic heterocycles. The van der Waals surface area contributed by atoms with E-state index < -0.39 is 29.3 Å². The van der Waals surface area contributed by atoms with Gasteiger partial charge in [-0.15, -0.1) is 0 Å². The van der Waals surface area contributed by atoms with Crippen LogP contribution >= 0.6 is 0 Å². The summed E-state index contributed by atoms with van der Waals surface area (Å²) in [7, 11) is 0. The molecule has 0 saturated carbocycles. The van der Waals surface area contributed by atoms with E-state index in [0.29, 0.717) is 24.3 Å². The van der Waals surface area contributed by atoms with Crippen molar-refractivity contribution in [3.05, 3.63) is 177 Å². The van der Waals surface area contributed by atoms with Gasteiger partial charge < -0.3 is 29.9 Å². The van der Waals surface area contributed by atoms with Crippen molar-refractivity contribution in [2.24, 2.45) is 0 Å². The normalized spacial score (nSPS) is 12.3. The van der Waals surface area contributed by atoms with Crippen LogP contribution in [0.25, 0.3) is 11.1 Å². The lowest BCUT2D eigenvalue weighted by molar-refractivity contribution is 0.0651. The number of ether oxygens (including phenoxy) is 2. The molecule has 286 valence electrons. The SMILES string of the molecule is CCCc1cc(C2(c3ccc(Oc4ccc(C(=O)O)c(C(=O)O)c4)c(CCC)c3)c3ccccc3-c3ccccc32)ccc1Oc1ccc(C(=O)O)c(C(=O)O)c1. The summed E-state index contributed by atoms with van der Waals surface area (Å²) in [6.07, 6.45) is 2.83. The third-order valence-corrected chi connectivity index (χ3v) is 10.3. The Morgan fingerprint density at radius 3 is 1.23 bits per heavy atom. The molecule has 0 aromatic heterocycles. The fraction of sp³-hybridized carbons (Fsp3) is 0.149. The van der Waals surface area contributed by atoms with E-state index in [1.165, 1.54) is 36.4 Å². The lowest BCUT2D eigenvalue weighted by atomic mass is 9.67. The predicted octanol–water partition coefficient (Wildman–Crippen LogP) is 10.3. The Bertz CT molecular complexity index is 2410. The number of rotatable bonds is 14. The van der Waals surface area contributed by atoms with Gasteiger partial charge in [0.25, 0.3) is 0 Å². The van der Waals surface area contributed by atoms with E-state index in [1.54, 1.807) is 0 Å². The van der Waals surface area contributed by atoms with E-state index in [4.69, 9.17) is 9.47 Å². The molecule has 57 heavy (non-hydrogen) atoms. The third-order valence-electron chi connectivity index (χ3n) is 10.3. The van der Waals surface area contributed by atoms with Crippen molar-refractivity contribution in [2.75, 3.05) is 0 Å². The Kier molecular flexibility index (Phi) is 10.4. The summed E-state index contributed by atoms with van der Waals surface area (Å²) in [4.78, 5) is 47.3. The summed E-state index contributed by atoms with van der Waals surface area (Å²) in [5.74, 6) is -4.02. The highest BCUT2D eigenvalue weighted by molar-refractivity contribution is 6.02. The summed E-state index contributed by atoms with van der Waals surface area (Å²) in [6.45, 7) is 4.11. The Labute approximate surface area is 328 Å². The molecular weight excluding hydrogens is 725 g/mol. The Morgan fingerprint density at radius 2 is 0.860 bits per heavy atom. The molecule has 7 rings (SSSR count). The quantitative estimate of drug-likeness (QED) is 0.0837. The van der Waals surface area contributed by atoms with E-state index in [2.05, 4.69) is 50.2 Å². The number of hydrogen-bond donors (Lipinski definition) is 4. The van der Waals surface area contributed by atoms with Gasteiger partial charge in [0.2, 0.25) is 0 Å². The molecule has 0 amide bonds. The van der Waals surface area contributed by atoms with Crippen LogP contribution in [0.5, 0.6) is 23.0 Å². The maximum Gasteiger partial charge on any atom is 0.336 e. The van der Waals surface area contributed by atoms with Crippen molar-refractivity contribution in [3.8, 4) is 34.1 Å². The fourth-order valence-corrected chi connectivity index (χ4v) is 7.93. The summed E-state index contributed by atoms with van der Waals surface area (Å²) in [6, 6.07) is 36.4. The number of aromatic carboxylic acids is 4. The second-order valence-electron chi connectivity index (χ2n) is 13.8. The van der Waals surface area contributed by atoms with E-state index in [0.717, 1.165) is 57.3 Å². The molecule has 1 aliphatic carbocycles. The Balaban J connectivity index is 1.40. The molecular formula is C47H38O10. The van der Waals surface area contributed by atoms with Crippen LogP contribution in [0.3, 0.4) is 0 Å². The van der Waals surface area contributed by atoms with Gasteiger partial charge in [-0.2, -0.15) is 0 Å². The topological polar surface area (TPSA) is 168 Å². The van der Waals surface area contributed by atoms with Crippen LogP contribution in [0.15, 0.2) is 121 Å². The monoisotopic (exact) mass is 762 g/mol. The minimum atomic E-state index is -1.37. The van der Waals surface area contributed by atoms with Gasteiger partial charge in [0.15, 0.2) is 0 Å². The molecule has 0 bridgehead atoms. The highest BCUT2D eigenvalue weighted by atomic mass is 16.5. The average molecular weight is 763 g/mol. The lowest BCUT2D eigenvalue weighted by Gasteiger charge is -2.35.